The van der Waals surface area contributed by atoms with Gasteiger partial charge in [-0.05, 0) is 51.3 Å². The topological polar surface area (TPSA) is 38.7 Å². The number of halogens is 1. The summed E-state index contributed by atoms with van der Waals surface area (Å²) in [5.74, 6) is -0.0851. The number of nitrogens with zero attached hydrogens (tertiary/aromatic N) is 1. The van der Waals surface area contributed by atoms with Crippen molar-refractivity contribution in [3.8, 4) is 11.1 Å². The van der Waals surface area contributed by atoms with E-state index in [4.69, 9.17) is 4.74 Å². The molecular formula is C20H12BrNO2S. The number of esters is 1. The highest BCUT2D eigenvalue weighted by Gasteiger charge is 2.24. The number of benzene rings is 2. The van der Waals surface area contributed by atoms with E-state index >= 15 is 0 Å². The Morgan fingerprint density at radius 3 is 2.32 bits per heavy atom. The fourth-order valence-electron chi connectivity index (χ4n) is 2.51. The van der Waals surface area contributed by atoms with Crippen molar-refractivity contribution in [2.24, 2.45) is 4.99 Å². The minimum absolute atomic E-state index is 0.316. The van der Waals surface area contributed by atoms with Crippen LogP contribution in [0, 0.1) is 0 Å². The van der Waals surface area contributed by atoms with Crippen molar-refractivity contribution < 1.29 is 9.53 Å². The van der Waals surface area contributed by atoms with Crippen molar-refractivity contribution >= 4 is 45.2 Å². The molecule has 0 aliphatic carbocycles. The van der Waals surface area contributed by atoms with Crippen molar-refractivity contribution in [1.82, 2.24) is 0 Å². The Bertz CT molecular complexity index is 988. The lowest BCUT2D eigenvalue weighted by Crippen LogP contribution is -2.05. The Balaban J connectivity index is 1.61. The number of aliphatic imine (C=N–C) groups is 1. The Morgan fingerprint density at radius 1 is 0.960 bits per heavy atom. The second kappa shape index (κ2) is 6.78. The van der Waals surface area contributed by atoms with E-state index in [1.54, 1.807) is 6.08 Å². The van der Waals surface area contributed by atoms with E-state index in [9.17, 15) is 4.79 Å². The first-order valence-electron chi connectivity index (χ1n) is 7.61. The number of carbonyl (C=O) groups excluding carboxylic acids is 1. The van der Waals surface area contributed by atoms with Gasteiger partial charge in [0, 0.05) is 20.3 Å². The fraction of sp³-hybridized carbons (Fsp3) is 0. The maximum absolute atomic E-state index is 12.0. The molecule has 4 rings (SSSR count). The van der Waals surface area contributed by atoms with Crippen LogP contribution in [0.5, 0.6) is 0 Å². The number of carbonyl (C=O) groups is 1. The van der Waals surface area contributed by atoms with Crippen LogP contribution in [0.25, 0.3) is 17.2 Å². The standard InChI is InChI=1S/C20H12BrNO2S/c21-16-10-17(25-12-16)11-18-20(23)24-19(22-18)15-8-6-14(7-9-15)13-4-2-1-3-5-13/h1-12H/b18-11-. The van der Waals surface area contributed by atoms with Gasteiger partial charge in [0.25, 0.3) is 0 Å². The highest BCUT2D eigenvalue weighted by Crippen LogP contribution is 2.26. The zero-order valence-corrected chi connectivity index (χ0v) is 15.4. The summed E-state index contributed by atoms with van der Waals surface area (Å²) in [6, 6.07) is 19.9. The van der Waals surface area contributed by atoms with Crippen LogP contribution in [0.2, 0.25) is 0 Å². The van der Waals surface area contributed by atoms with Crippen LogP contribution in [0.4, 0.5) is 0 Å². The summed E-state index contributed by atoms with van der Waals surface area (Å²) < 4.78 is 6.30. The SMILES string of the molecule is O=C1OC(c2ccc(-c3ccccc3)cc2)=N/C1=C\c1cc(Br)cs1. The first-order chi connectivity index (χ1) is 12.2. The number of hydrogen-bond donors (Lipinski definition) is 0. The molecule has 5 heteroatoms. The van der Waals surface area contributed by atoms with Gasteiger partial charge in [0.2, 0.25) is 5.90 Å². The Morgan fingerprint density at radius 2 is 1.64 bits per heavy atom. The maximum Gasteiger partial charge on any atom is 0.363 e. The van der Waals surface area contributed by atoms with Crippen LogP contribution in [-0.2, 0) is 9.53 Å². The number of ether oxygens (including phenoxy) is 1. The molecular weight excluding hydrogens is 398 g/mol. The summed E-state index contributed by atoms with van der Waals surface area (Å²) in [7, 11) is 0. The van der Waals surface area contributed by atoms with Crippen LogP contribution in [0.15, 0.2) is 81.2 Å². The number of cyclic esters (lactones) is 1. The molecule has 0 amide bonds. The van der Waals surface area contributed by atoms with Crippen molar-refractivity contribution in [1.29, 1.82) is 0 Å². The Kier molecular flexibility index (Phi) is 4.34. The summed E-state index contributed by atoms with van der Waals surface area (Å²) in [6.45, 7) is 0. The van der Waals surface area contributed by atoms with E-state index in [1.165, 1.54) is 11.3 Å². The largest absolute Gasteiger partial charge is 0.402 e. The molecule has 0 unspecified atom stereocenters. The smallest absolute Gasteiger partial charge is 0.363 e. The lowest BCUT2D eigenvalue weighted by Gasteiger charge is -2.03. The van der Waals surface area contributed by atoms with Gasteiger partial charge in [0.05, 0.1) is 0 Å². The molecule has 0 N–H and O–H groups in total. The fourth-order valence-corrected chi connectivity index (χ4v) is 3.88. The monoisotopic (exact) mass is 409 g/mol. The molecule has 122 valence electrons. The average Bonchev–Trinajstić information content (AvgIpc) is 3.22. The molecule has 0 radical (unpaired) electrons. The normalized spacial score (nSPS) is 15.3. The third kappa shape index (κ3) is 3.48. The summed E-state index contributed by atoms with van der Waals surface area (Å²) in [5.41, 5.74) is 3.34. The zero-order valence-electron chi connectivity index (χ0n) is 13.0. The highest BCUT2D eigenvalue weighted by atomic mass is 79.9. The van der Waals surface area contributed by atoms with E-state index in [1.807, 2.05) is 53.9 Å². The minimum atomic E-state index is -0.424. The lowest BCUT2D eigenvalue weighted by molar-refractivity contribution is -0.129. The van der Waals surface area contributed by atoms with Crippen LogP contribution in [-0.4, -0.2) is 11.9 Å². The molecule has 3 aromatic rings. The minimum Gasteiger partial charge on any atom is -0.402 e. The van der Waals surface area contributed by atoms with Gasteiger partial charge < -0.3 is 4.74 Å². The highest BCUT2D eigenvalue weighted by molar-refractivity contribution is 9.10. The molecule has 0 fully saturated rings. The van der Waals surface area contributed by atoms with Crippen molar-refractivity contribution in [3.63, 3.8) is 0 Å². The van der Waals surface area contributed by atoms with Crippen molar-refractivity contribution in [2.75, 3.05) is 0 Å². The van der Waals surface area contributed by atoms with Gasteiger partial charge in [-0.2, -0.15) is 0 Å². The molecule has 1 aromatic heterocycles. The summed E-state index contributed by atoms with van der Waals surface area (Å²) in [5, 5.41) is 1.96. The average molecular weight is 410 g/mol. The van der Waals surface area contributed by atoms with E-state index in [-0.39, 0.29) is 0 Å². The number of rotatable bonds is 3. The second-order valence-electron chi connectivity index (χ2n) is 5.45. The molecule has 0 spiro atoms. The third-order valence-electron chi connectivity index (χ3n) is 3.73. The van der Waals surface area contributed by atoms with Crippen LogP contribution in [0.1, 0.15) is 10.4 Å². The molecule has 0 saturated carbocycles. The number of thiophene rings is 1. The van der Waals surface area contributed by atoms with E-state index in [0.717, 1.165) is 26.0 Å². The van der Waals surface area contributed by atoms with E-state index in [0.29, 0.717) is 11.6 Å². The van der Waals surface area contributed by atoms with Gasteiger partial charge in [-0.25, -0.2) is 9.79 Å². The van der Waals surface area contributed by atoms with Crippen LogP contribution in [0.3, 0.4) is 0 Å². The molecule has 0 atom stereocenters. The van der Waals surface area contributed by atoms with Crippen LogP contribution >= 0.6 is 27.3 Å². The van der Waals surface area contributed by atoms with Gasteiger partial charge in [0.1, 0.15) is 0 Å². The molecule has 0 saturated heterocycles. The zero-order chi connectivity index (χ0) is 17.2. The third-order valence-corrected chi connectivity index (χ3v) is 5.37. The van der Waals surface area contributed by atoms with E-state index in [2.05, 4.69) is 33.1 Å². The van der Waals surface area contributed by atoms with Gasteiger partial charge in [-0.15, -0.1) is 11.3 Å². The predicted molar refractivity (Wildman–Crippen MR) is 105 cm³/mol. The molecule has 25 heavy (non-hydrogen) atoms. The predicted octanol–water partition coefficient (Wildman–Crippen LogP) is 5.52. The molecule has 2 heterocycles. The van der Waals surface area contributed by atoms with Gasteiger partial charge in [-0.1, -0.05) is 42.5 Å². The summed E-state index contributed by atoms with van der Waals surface area (Å²) >= 11 is 4.94. The van der Waals surface area contributed by atoms with Crippen LogP contribution < -0.4 is 0 Å². The Labute approximate surface area is 157 Å². The molecule has 1 aliphatic heterocycles. The summed E-state index contributed by atoms with van der Waals surface area (Å²) in [6.07, 6.45) is 1.74. The Hall–Kier alpha value is -2.50. The first-order valence-corrected chi connectivity index (χ1v) is 9.29. The second-order valence-corrected chi connectivity index (χ2v) is 7.31. The maximum atomic E-state index is 12.0. The lowest BCUT2D eigenvalue weighted by atomic mass is 10.0. The van der Waals surface area contributed by atoms with Crippen molar-refractivity contribution in [3.05, 3.63) is 86.7 Å². The molecule has 3 nitrogen and oxygen atoms in total. The van der Waals surface area contributed by atoms with Gasteiger partial charge in [0.15, 0.2) is 5.70 Å². The quantitative estimate of drug-likeness (QED) is 0.421. The van der Waals surface area contributed by atoms with Crippen molar-refractivity contribution in [2.45, 2.75) is 0 Å². The van der Waals surface area contributed by atoms with Gasteiger partial charge >= 0.3 is 5.97 Å². The van der Waals surface area contributed by atoms with E-state index < -0.39 is 5.97 Å². The number of hydrogen-bond acceptors (Lipinski definition) is 4. The molecule has 2 aromatic carbocycles. The molecule has 1 aliphatic rings. The molecule has 0 bridgehead atoms. The first kappa shape index (κ1) is 16.0. The summed E-state index contributed by atoms with van der Waals surface area (Å²) in [4.78, 5) is 17.3. The van der Waals surface area contributed by atoms with Gasteiger partial charge in [-0.3, -0.25) is 0 Å².